The number of carbonyl (C=O) groups is 5. The zero-order chi connectivity index (χ0) is 29.1. The molecule has 40 heavy (non-hydrogen) atoms. The Kier molecular flexibility index (Phi) is 10.2. The molecule has 0 spiro atoms. The number of nitrogens with one attached hydrogen (secondary N) is 4. The monoisotopic (exact) mass is 552 g/mol. The van der Waals surface area contributed by atoms with E-state index in [-0.39, 0.29) is 25.8 Å². The first-order valence-electron chi connectivity index (χ1n) is 12.5. The fourth-order valence-electron chi connectivity index (χ4n) is 4.14. The van der Waals surface area contributed by atoms with Gasteiger partial charge in [0.25, 0.3) is 0 Å². The number of hydrogen-bond donors (Lipinski definition) is 5. The third-order valence-electron chi connectivity index (χ3n) is 6.15. The first-order chi connectivity index (χ1) is 19.1. The van der Waals surface area contributed by atoms with Gasteiger partial charge in [0.15, 0.2) is 0 Å². The van der Waals surface area contributed by atoms with Crippen molar-refractivity contribution in [3.05, 3.63) is 71.9 Å². The third-order valence-corrected chi connectivity index (χ3v) is 6.15. The molecule has 1 aromatic heterocycles. The quantitative estimate of drug-likeness (QED) is 0.159. The van der Waals surface area contributed by atoms with Crippen molar-refractivity contribution in [1.82, 2.24) is 20.9 Å². The molecule has 0 fully saturated rings. The number of para-hydroxylation sites is 1. The number of carboxylic acid groups (broad SMARTS) is 1. The normalized spacial score (nSPS) is 12.9. The number of amides is 3. The Balaban J connectivity index is 1.67. The maximum atomic E-state index is 13.4. The van der Waals surface area contributed by atoms with Crippen molar-refractivity contribution >= 4 is 40.7 Å². The minimum absolute atomic E-state index is 0.0454. The third kappa shape index (κ3) is 8.58. The van der Waals surface area contributed by atoms with Crippen LogP contribution in [0.3, 0.4) is 0 Å². The highest BCUT2D eigenvalue weighted by molar-refractivity contribution is 5.91. The van der Waals surface area contributed by atoms with E-state index in [9.17, 15) is 29.1 Å². The Hall–Kier alpha value is -4.87. The van der Waals surface area contributed by atoms with Gasteiger partial charge in [-0.2, -0.15) is 0 Å². The average molecular weight is 553 g/mol. The highest BCUT2D eigenvalue weighted by Crippen LogP contribution is 2.23. The van der Waals surface area contributed by atoms with Gasteiger partial charge in [0.05, 0.1) is 12.5 Å². The van der Waals surface area contributed by atoms with Crippen molar-refractivity contribution in [2.75, 3.05) is 13.3 Å². The maximum Gasteiger partial charge on any atom is 0.405 e. The van der Waals surface area contributed by atoms with Gasteiger partial charge in [-0.1, -0.05) is 48.5 Å². The molecule has 1 heterocycles. The van der Waals surface area contributed by atoms with Crippen molar-refractivity contribution in [2.24, 2.45) is 0 Å². The van der Waals surface area contributed by atoms with Crippen LogP contribution in [-0.2, 0) is 35.1 Å². The van der Waals surface area contributed by atoms with E-state index < -0.39 is 48.2 Å². The lowest BCUT2D eigenvalue weighted by Crippen LogP contribution is -2.58. The number of benzene rings is 2. The van der Waals surface area contributed by atoms with Crippen LogP contribution in [0.4, 0.5) is 4.79 Å². The van der Waals surface area contributed by atoms with E-state index in [1.54, 1.807) is 36.5 Å². The fourth-order valence-corrected chi connectivity index (χ4v) is 4.14. The van der Waals surface area contributed by atoms with Crippen LogP contribution in [0, 0.1) is 0 Å². The number of aromatic nitrogens is 1. The van der Waals surface area contributed by atoms with E-state index in [1.807, 2.05) is 24.3 Å². The molecule has 0 radical (unpaired) electrons. The summed E-state index contributed by atoms with van der Waals surface area (Å²) in [5.41, 5.74) is 0.791. The fraction of sp³-hybridized carbons (Fsp3) is 0.321. The molecule has 0 aliphatic rings. The Labute approximate surface area is 230 Å². The predicted octanol–water partition coefficient (Wildman–Crippen LogP) is 2.55. The summed E-state index contributed by atoms with van der Waals surface area (Å²) in [6, 6.07) is 15.7. The van der Waals surface area contributed by atoms with E-state index >= 15 is 0 Å². The van der Waals surface area contributed by atoms with E-state index in [2.05, 4.69) is 25.7 Å². The van der Waals surface area contributed by atoms with Gasteiger partial charge in [-0.05, 0) is 24.1 Å². The molecule has 5 N–H and O–H groups in total. The van der Waals surface area contributed by atoms with Gasteiger partial charge in [-0.15, -0.1) is 0 Å². The van der Waals surface area contributed by atoms with E-state index in [1.165, 1.54) is 13.8 Å². The number of ether oxygens (including phenoxy) is 2. The van der Waals surface area contributed by atoms with Crippen molar-refractivity contribution < 1.29 is 38.6 Å². The molecular weight excluding hydrogens is 520 g/mol. The molecule has 0 saturated heterocycles. The lowest BCUT2D eigenvalue weighted by molar-refractivity contribution is -0.166. The number of aromatic amines is 1. The Morgan fingerprint density at radius 2 is 1.68 bits per heavy atom. The molecule has 212 valence electrons. The van der Waals surface area contributed by atoms with Gasteiger partial charge in [0.1, 0.15) is 5.54 Å². The van der Waals surface area contributed by atoms with Gasteiger partial charge >= 0.3 is 18.0 Å². The highest BCUT2D eigenvalue weighted by atomic mass is 16.7. The summed E-state index contributed by atoms with van der Waals surface area (Å²) < 4.78 is 9.27. The van der Waals surface area contributed by atoms with Gasteiger partial charge in [-0.25, -0.2) is 4.79 Å². The van der Waals surface area contributed by atoms with E-state index in [4.69, 9.17) is 4.74 Å². The summed E-state index contributed by atoms with van der Waals surface area (Å²) >= 11 is 0. The number of hydrogen-bond acceptors (Lipinski definition) is 7. The molecule has 2 unspecified atom stereocenters. The van der Waals surface area contributed by atoms with Crippen LogP contribution in [0.15, 0.2) is 60.8 Å². The Bertz CT molecular complexity index is 1360. The number of rotatable bonds is 13. The second-order valence-electron chi connectivity index (χ2n) is 9.31. The SMILES string of the molecule is CC(=O)OCOC(=O)CCC(=O)NC(CNC(=O)C(C)(Cc1c[nH]c2ccccc12)NC(=O)O)c1ccccc1. The zero-order valence-corrected chi connectivity index (χ0v) is 22.2. The molecule has 3 aromatic rings. The van der Waals surface area contributed by atoms with Gasteiger partial charge in [0, 0.05) is 43.4 Å². The van der Waals surface area contributed by atoms with Crippen molar-refractivity contribution in [3.63, 3.8) is 0 Å². The van der Waals surface area contributed by atoms with Gasteiger partial charge < -0.3 is 35.5 Å². The molecule has 2 aromatic carbocycles. The average Bonchev–Trinajstić information content (AvgIpc) is 3.31. The second kappa shape index (κ2) is 13.8. The van der Waals surface area contributed by atoms with Gasteiger partial charge in [0.2, 0.25) is 18.6 Å². The summed E-state index contributed by atoms with van der Waals surface area (Å²) in [6.07, 6.45) is 0.0176. The van der Waals surface area contributed by atoms with Crippen LogP contribution < -0.4 is 16.0 Å². The van der Waals surface area contributed by atoms with Crippen LogP contribution in [0.5, 0.6) is 0 Å². The number of fused-ring (bicyclic) bond motifs is 1. The number of esters is 2. The maximum absolute atomic E-state index is 13.4. The summed E-state index contributed by atoms with van der Waals surface area (Å²) in [5.74, 6) is -2.37. The minimum Gasteiger partial charge on any atom is -0.465 e. The summed E-state index contributed by atoms with van der Waals surface area (Å²) in [5, 5.41) is 18.2. The molecule has 0 saturated carbocycles. The molecule has 0 aliphatic heterocycles. The van der Waals surface area contributed by atoms with Crippen LogP contribution >= 0.6 is 0 Å². The van der Waals surface area contributed by atoms with E-state index in [0.717, 1.165) is 16.5 Å². The first-order valence-corrected chi connectivity index (χ1v) is 12.5. The largest absolute Gasteiger partial charge is 0.465 e. The van der Waals surface area contributed by atoms with Crippen LogP contribution in [0.1, 0.15) is 43.9 Å². The number of H-pyrrole nitrogens is 1. The minimum atomic E-state index is -1.52. The summed E-state index contributed by atoms with van der Waals surface area (Å²) in [6.45, 7) is 2.09. The molecule has 12 heteroatoms. The van der Waals surface area contributed by atoms with E-state index in [0.29, 0.717) is 5.56 Å². The molecule has 2 atom stereocenters. The smallest absolute Gasteiger partial charge is 0.405 e. The molecule has 0 aliphatic carbocycles. The van der Waals surface area contributed by atoms with Gasteiger partial charge in [-0.3, -0.25) is 19.2 Å². The molecule has 3 rings (SSSR count). The molecule has 12 nitrogen and oxygen atoms in total. The summed E-state index contributed by atoms with van der Waals surface area (Å²) in [4.78, 5) is 63.3. The van der Waals surface area contributed by atoms with Crippen molar-refractivity contribution in [2.45, 2.75) is 44.7 Å². The highest BCUT2D eigenvalue weighted by Gasteiger charge is 2.36. The summed E-state index contributed by atoms with van der Waals surface area (Å²) in [7, 11) is 0. The van der Waals surface area contributed by atoms with Crippen molar-refractivity contribution in [1.29, 1.82) is 0 Å². The molecule has 0 bridgehead atoms. The Morgan fingerprint density at radius 3 is 2.38 bits per heavy atom. The van der Waals surface area contributed by atoms with Crippen LogP contribution in [0.25, 0.3) is 10.9 Å². The topological polar surface area (TPSA) is 176 Å². The van der Waals surface area contributed by atoms with Crippen molar-refractivity contribution in [3.8, 4) is 0 Å². The molecular formula is C28H32N4O8. The predicted molar refractivity (Wildman–Crippen MR) is 144 cm³/mol. The first kappa shape index (κ1) is 29.7. The second-order valence-corrected chi connectivity index (χ2v) is 9.31. The lowest BCUT2D eigenvalue weighted by Gasteiger charge is -2.29. The molecule has 3 amide bonds. The van der Waals surface area contributed by atoms with Crippen LogP contribution in [0.2, 0.25) is 0 Å². The lowest BCUT2D eigenvalue weighted by atomic mass is 9.91. The van der Waals surface area contributed by atoms with Crippen LogP contribution in [-0.4, -0.2) is 58.8 Å². The Morgan fingerprint density at radius 1 is 0.975 bits per heavy atom. The standard InChI is InChI=1S/C28H32N4O8/c1-18(33)39-17-40-25(35)13-12-24(34)31-23(19-8-4-3-5-9-19)16-30-26(36)28(2,32-27(37)38)14-20-15-29-22-11-7-6-10-21(20)22/h3-11,15,23,29,32H,12-14,16-17H2,1-2H3,(H,30,36)(H,31,34)(H,37,38). The number of carbonyl (C=O) groups excluding carboxylic acids is 4. The zero-order valence-electron chi connectivity index (χ0n) is 22.2.